The van der Waals surface area contributed by atoms with Crippen LogP contribution in [-0.4, -0.2) is 20.6 Å². The summed E-state index contributed by atoms with van der Waals surface area (Å²) in [6, 6.07) is 10.9. The van der Waals surface area contributed by atoms with Gasteiger partial charge in [0.25, 0.3) is 11.5 Å². The monoisotopic (exact) mass is 380 g/mol. The molecule has 0 saturated carbocycles. The van der Waals surface area contributed by atoms with Crippen LogP contribution in [0.3, 0.4) is 0 Å². The highest BCUT2D eigenvalue weighted by molar-refractivity contribution is 6.02. The summed E-state index contributed by atoms with van der Waals surface area (Å²) >= 11 is 0. The summed E-state index contributed by atoms with van der Waals surface area (Å²) in [5.74, 6) is -0.879. The molecule has 28 heavy (non-hydrogen) atoms. The van der Waals surface area contributed by atoms with Crippen LogP contribution in [0.5, 0.6) is 0 Å². The maximum absolute atomic E-state index is 13.3. The number of benzene rings is 2. The molecule has 0 atom stereocenters. The van der Waals surface area contributed by atoms with Crippen molar-refractivity contribution in [1.29, 1.82) is 0 Å². The van der Waals surface area contributed by atoms with Gasteiger partial charge in [0.2, 0.25) is 0 Å². The second-order valence-electron chi connectivity index (χ2n) is 6.89. The highest BCUT2D eigenvalue weighted by Gasteiger charge is 2.15. The van der Waals surface area contributed by atoms with E-state index in [1.165, 1.54) is 6.07 Å². The molecule has 0 spiro atoms. The van der Waals surface area contributed by atoms with Crippen molar-refractivity contribution in [2.45, 2.75) is 19.8 Å². The van der Waals surface area contributed by atoms with Gasteiger partial charge in [-0.2, -0.15) is 4.68 Å². The number of fused-ring (bicyclic) bond motifs is 2. The highest BCUT2D eigenvalue weighted by Crippen LogP contribution is 2.22. The molecule has 1 amide bonds. The van der Waals surface area contributed by atoms with E-state index in [1.54, 1.807) is 6.07 Å². The van der Waals surface area contributed by atoms with E-state index in [2.05, 4.69) is 29.2 Å². The van der Waals surface area contributed by atoms with Crippen LogP contribution >= 0.6 is 0 Å². The first-order valence-corrected chi connectivity index (χ1v) is 8.72. The molecule has 0 aliphatic rings. The topological polar surface area (TPSA) is 99.8 Å². The Morgan fingerprint density at radius 2 is 1.82 bits per heavy atom. The van der Waals surface area contributed by atoms with E-state index in [9.17, 15) is 18.8 Å². The molecule has 2 aromatic carbocycles. The van der Waals surface area contributed by atoms with Crippen molar-refractivity contribution in [2.75, 3.05) is 5.43 Å². The van der Waals surface area contributed by atoms with Crippen LogP contribution in [0.2, 0.25) is 0 Å². The second-order valence-corrected chi connectivity index (χ2v) is 6.89. The number of amides is 1. The zero-order chi connectivity index (χ0) is 20.0. The number of nitrogens with one attached hydrogen (secondary N) is 3. The van der Waals surface area contributed by atoms with E-state index in [0.29, 0.717) is 10.6 Å². The fourth-order valence-corrected chi connectivity index (χ4v) is 3.09. The van der Waals surface area contributed by atoms with E-state index < -0.39 is 23.0 Å². The zero-order valence-corrected chi connectivity index (χ0v) is 15.2. The van der Waals surface area contributed by atoms with Crippen molar-refractivity contribution >= 4 is 27.7 Å². The Kier molecular flexibility index (Phi) is 4.11. The number of nitrogens with zero attached hydrogens (tertiary/aromatic N) is 1. The van der Waals surface area contributed by atoms with E-state index >= 15 is 0 Å². The Morgan fingerprint density at radius 3 is 2.57 bits per heavy atom. The van der Waals surface area contributed by atoms with Crippen LogP contribution in [0.4, 0.5) is 4.39 Å². The molecule has 0 fully saturated rings. The van der Waals surface area contributed by atoms with Crippen molar-refractivity contribution in [3.05, 3.63) is 80.4 Å². The summed E-state index contributed by atoms with van der Waals surface area (Å²) in [6.07, 6.45) is 0. The number of aromatic nitrogens is 3. The molecule has 0 radical (unpaired) electrons. The average Bonchev–Trinajstić information content (AvgIpc) is 3.08. The molecular formula is C20H17FN4O3. The number of H-pyrrole nitrogens is 2. The molecule has 7 nitrogen and oxygen atoms in total. The van der Waals surface area contributed by atoms with E-state index in [1.807, 2.05) is 18.2 Å². The number of aromatic amines is 2. The number of carbonyl (C=O) groups excluding carboxylic acids is 1. The molecule has 4 rings (SSSR count). The lowest BCUT2D eigenvalue weighted by molar-refractivity contribution is 0.100. The van der Waals surface area contributed by atoms with Crippen LogP contribution < -0.4 is 16.7 Å². The molecule has 2 aromatic heterocycles. The summed E-state index contributed by atoms with van der Waals surface area (Å²) in [4.78, 5) is 42.6. The Morgan fingerprint density at radius 1 is 1.04 bits per heavy atom. The van der Waals surface area contributed by atoms with Gasteiger partial charge in [0.15, 0.2) is 0 Å². The van der Waals surface area contributed by atoms with Gasteiger partial charge in [-0.15, -0.1) is 0 Å². The van der Waals surface area contributed by atoms with Crippen molar-refractivity contribution in [1.82, 2.24) is 14.6 Å². The first kappa shape index (κ1) is 17.7. The number of hydrogen-bond acceptors (Lipinski definition) is 3. The zero-order valence-electron chi connectivity index (χ0n) is 15.2. The first-order valence-electron chi connectivity index (χ1n) is 8.72. The quantitative estimate of drug-likeness (QED) is 0.510. The van der Waals surface area contributed by atoms with Crippen LogP contribution in [0.15, 0.2) is 52.1 Å². The molecule has 142 valence electrons. The molecule has 0 unspecified atom stereocenters. The molecule has 3 N–H and O–H groups in total. The highest BCUT2D eigenvalue weighted by atomic mass is 19.1. The minimum atomic E-state index is -0.866. The molecule has 0 aliphatic heterocycles. The predicted octanol–water partition coefficient (Wildman–Crippen LogP) is 2.82. The van der Waals surface area contributed by atoms with Gasteiger partial charge in [-0.05, 0) is 47.9 Å². The summed E-state index contributed by atoms with van der Waals surface area (Å²) in [5, 5.41) is 0.936. The number of rotatable bonds is 3. The van der Waals surface area contributed by atoms with Crippen molar-refractivity contribution in [3.63, 3.8) is 0 Å². The smallest absolute Gasteiger partial charge is 0.348 e. The minimum absolute atomic E-state index is 0.0623. The normalized spacial score (nSPS) is 11.4. The van der Waals surface area contributed by atoms with Gasteiger partial charge in [0.05, 0.1) is 10.9 Å². The lowest BCUT2D eigenvalue weighted by Gasteiger charge is -2.07. The van der Waals surface area contributed by atoms with Crippen LogP contribution in [-0.2, 0) is 0 Å². The Bertz CT molecular complexity index is 1350. The summed E-state index contributed by atoms with van der Waals surface area (Å²) in [7, 11) is 0. The summed E-state index contributed by atoms with van der Waals surface area (Å²) in [6.45, 7) is 4.15. The minimum Gasteiger partial charge on any atom is -0.350 e. The third-order valence-corrected chi connectivity index (χ3v) is 4.63. The number of carbonyl (C=O) groups is 1. The number of hydrogen-bond donors (Lipinski definition) is 3. The lowest BCUT2D eigenvalue weighted by atomic mass is 10.0. The molecule has 0 aliphatic carbocycles. The van der Waals surface area contributed by atoms with Gasteiger partial charge in [-0.1, -0.05) is 19.9 Å². The van der Waals surface area contributed by atoms with Crippen molar-refractivity contribution in [3.8, 4) is 0 Å². The predicted molar refractivity (Wildman–Crippen MR) is 105 cm³/mol. The molecule has 0 bridgehead atoms. The Hall–Kier alpha value is -3.68. The van der Waals surface area contributed by atoms with Gasteiger partial charge in [0, 0.05) is 10.9 Å². The lowest BCUT2D eigenvalue weighted by Crippen LogP contribution is -2.43. The third kappa shape index (κ3) is 2.98. The van der Waals surface area contributed by atoms with E-state index in [-0.39, 0.29) is 16.6 Å². The summed E-state index contributed by atoms with van der Waals surface area (Å²) in [5.41, 5.74) is 2.86. The van der Waals surface area contributed by atoms with Crippen LogP contribution in [0.25, 0.3) is 21.8 Å². The molecule has 8 heteroatoms. The van der Waals surface area contributed by atoms with Gasteiger partial charge in [-0.25, -0.2) is 9.18 Å². The van der Waals surface area contributed by atoms with Crippen molar-refractivity contribution in [2.24, 2.45) is 0 Å². The van der Waals surface area contributed by atoms with Gasteiger partial charge < -0.3 is 9.97 Å². The largest absolute Gasteiger partial charge is 0.350 e. The molecule has 4 aromatic rings. The van der Waals surface area contributed by atoms with Crippen LogP contribution in [0.1, 0.15) is 35.8 Å². The average molecular weight is 380 g/mol. The SMILES string of the molecule is CC(C)c1ccc2[nH]c(C(=O)Nn3c(=O)[nH]c4cc(F)ccc4c3=O)cc2c1. The second kappa shape index (κ2) is 6.49. The number of halogens is 1. The third-order valence-electron chi connectivity index (χ3n) is 4.63. The Balaban J connectivity index is 1.72. The molecule has 2 heterocycles. The maximum atomic E-state index is 13.3. The van der Waals surface area contributed by atoms with E-state index in [0.717, 1.165) is 28.6 Å². The van der Waals surface area contributed by atoms with Gasteiger partial charge in [-0.3, -0.25) is 15.0 Å². The maximum Gasteiger partial charge on any atom is 0.348 e. The van der Waals surface area contributed by atoms with E-state index in [4.69, 9.17) is 0 Å². The van der Waals surface area contributed by atoms with Gasteiger partial charge in [0.1, 0.15) is 11.5 Å². The fourth-order valence-electron chi connectivity index (χ4n) is 3.09. The van der Waals surface area contributed by atoms with Crippen molar-refractivity contribution < 1.29 is 9.18 Å². The summed E-state index contributed by atoms with van der Waals surface area (Å²) < 4.78 is 13.9. The first-order chi connectivity index (χ1) is 13.3. The Labute approximate surface area is 157 Å². The molecular weight excluding hydrogens is 363 g/mol. The van der Waals surface area contributed by atoms with Crippen LogP contribution in [0, 0.1) is 5.82 Å². The molecule has 0 saturated heterocycles. The fraction of sp³-hybridized carbons (Fsp3) is 0.150. The van der Waals surface area contributed by atoms with Gasteiger partial charge >= 0.3 is 5.69 Å². The standard InChI is InChI=1S/C20H17FN4O3/c1-10(2)11-3-6-15-12(7-11)8-17(22-15)18(26)24-25-19(27)14-5-4-13(21)9-16(14)23-20(25)28/h3-10,22H,1-2H3,(H,23,28)(H,24,26).